The Labute approximate surface area is 110 Å². The van der Waals surface area contributed by atoms with E-state index in [9.17, 15) is 8.42 Å². The zero-order valence-electron chi connectivity index (χ0n) is 9.42. The molecule has 92 valence electrons. The first-order valence-corrected chi connectivity index (χ1v) is 8.50. The maximum absolute atomic E-state index is 12.6. The van der Waals surface area contributed by atoms with E-state index in [-0.39, 0.29) is 10.1 Å². The Morgan fingerprint density at radius 3 is 2.29 bits per heavy atom. The molecule has 4 unspecified atom stereocenters. The van der Waals surface area contributed by atoms with Crippen LogP contribution in [0.3, 0.4) is 0 Å². The summed E-state index contributed by atoms with van der Waals surface area (Å²) in [6.07, 6.45) is 3.33. The molecule has 1 aromatic rings. The summed E-state index contributed by atoms with van der Waals surface area (Å²) in [7, 11) is -3.17. The normalized spacial score (nSPS) is 36.3. The molecule has 4 heteroatoms. The molecule has 3 rings (SSSR count). The average molecular weight is 315 g/mol. The maximum Gasteiger partial charge on any atom is 0.182 e. The van der Waals surface area contributed by atoms with E-state index in [2.05, 4.69) is 15.9 Å². The number of rotatable bonds is 2. The van der Waals surface area contributed by atoms with Gasteiger partial charge in [-0.2, -0.15) is 0 Å². The molecular formula is C13H15BrO2S. The molecule has 4 atom stereocenters. The van der Waals surface area contributed by atoms with E-state index in [1.807, 2.05) is 6.07 Å². The molecule has 2 aliphatic rings. The van der Waals surface area contributed by atoms with Crippen molar-refractivity contribution in [3.05, 3.63) is 30.3 Å². The molecule has 1 aromatic carbocycles. The second kappa shape index (κ2) is 4.09. The third kappa shape index (κ3) is 1.76. The molecule has 2 nitrogen and oxygen atoms in total. The van der Waals surface area contributed by atoms with Gasteiger partial charge in [-0.3, -0.25) is 0 Å². The van der Waals surface area contributed by atoms with E-state index in [0.717, 1.165) is 12.8 Å². The van der Waals surface area contributed by atoms with Crippen LogP contribution in [0.4, 0.5) is 0 Å². The summed E-state index contributed by atoms with van der Waals surface area (Å²) >= 11 is 3.62. The first-order valence-electron chi connectivity index (χ1n) is 6.04. The van der Waals surface area contributed by atoms with Crippen LogP contribution in [0.2, 0.25) is 0 Å². The summed E-state index contributed by atoms with van der Waals surface area (Å²) in [4.78, 5) is 0.619. The molecule has 0 heterocycles. The number of halogens is 1. The zero-order chi connectivity index (χ0) is 12.0. The van der Waals surface area contributed by atoms with Gasteiger partial charge < -0.3 is 0 Å². The molecule has 0 amide bonds. The second-order valence-corrected chi connectivity index (χ2v) is 8.26. The number of alkyl halides is 1. The molecule has 2 bridgehead atoms. The average Bonchev–Trinajstić information content (AvgIpc) is 2.90. The predicted molar refractivity (Wildman–Crippen MR) is 71.0 cm³/mol. The topological polar surface area (TPSA) is 34.1 Å². The molecule has 0 spiro atoms. The summed E-state index contributed by atoms with van der Waals surface area (Å²) in [5.41, 5.74) is 0. The van der Waals surface area contributed by atoms with Gasteiger partial charge in [0.15, 0.2) is 9.84 Å². The van der Waals surface area contributed by atoms with E-state index >= 15 is 0 Å². The molecule has 2 aliphatic carbocycles. The van der Waals surface area contributed by atoms with E-state index in [0.29, 0.717) is 16.7 Å². The molecule has 0 N–H and O–H groups in total. The second-order valence-electron chi connectivity index (χ2n) is 5.10. The zero-order valence-corrected chi connectivity index (χ0v) is 11.8. The number of hydrogen-bond donors (Lipinski definition) is 0. The van der Waals surface area contributed by atoms with Gasteiger partial charge in [0, 0.05) is 4.83 Å². The number of hydrogen-bond acceptors (Lipinski definition) is 2. The Morgan fingerprint density at radius 1 is 1.06 bits per heavy atom. The Hall–Kier alpha value is -0.350. The summed E-state index contributed by atoms with van der Waals surface area (Å²) in [5.74, 6) is 0.915. The minimum atomic E-state index is -3.17. The van der Waals surface area contributed by atoms with Crippen LogP contribution in [-0.4, -0.2) is 18.5 Å². The van der Waals surface area contributed by atoms with Crippen LogP contribution in [0.25, 0.3) is 0 Å². The van der Waals surface area contributed by atoms with Crippen molar-refractivity contribution in [2.45, 2.75) is 34.2 Å². The lowest BCUT2D eigenvalue weighted by Gasteiger charge is -2.26. The summed E-state index contributed by atoms with van der Waals surface area (Å²) < 4.78 is 25.2. The van der Waals surface area contributed by atoms with E-state index in [1.54, 1.807) is 24.3 Å². The summed E-state index contributed by atoms with van der Waals surface area (Å²) in [6, 6.07) is 8.86. The fourth-order valence-electron chi connectivity index (χ4n) is 3.36. The van der Waals surface area contributed by atoms with Gasteiger partial charge in [0.25, 0.3) is 0 Å². The molecule has 2 saturated carbocycles. The highest BCUT2D eigenvalue weighted by molar-refractivity contribution is 9.09. The molecule has 0 radical (unpaired) electrons. The Balaban J connectivity index is 2.00. The van der Waals surface area contributed by atoms with E-state index in [4.69, 9.17) is 0 Å². The molecule has 2 fully saturated rings. The van der Waals surface area contributed by atoms with E-state index in [1.165, 1.54) is 6.42 Å². The lowest BCUT2D eigenvalue weighted by Crippen LogP contribution is -2.35. The van der Waals surface area contributed by atoms with Gasteiger partial charge in [-0.25, -0.2) is 8.42 Å². The standard InChI is InChI=1S/C13H15BrO2S/c14-12-9-6-7-10(8-9)13(12)17(15,16)11-4-2-1-3-5-11/h1-5,9-10,12-13H,6-8H2. The Morgan fingerprint density at radius 2 is 1.71 bits per heavy atom. The third-order valence-corrected chi connectivity index (χ3v) is 8.16. The van der Waals surface area contributed by atoms with Gasteiger partial charge in [-0.1, -0.05) is 34.1 Å². The first-order chi connectivity index (χ1) is 8.10. The van der Waals surface area contributed by atoms with Crippen LogP contribution in [-0.2, 0) is 9.84 Å². The SMILES string of the molecule is O=S(=O)(c1ccccc1)C1C2CCC(C2)C1Br. The molecule has 0 saturated heterocycles. The fourth-order valence-corrected chi connectivity index (χ4v) is 7.29. The summed E-state index contributed by atoms with van der Waals surface area (Å²) in [5, 5.41) is -0.219. The molecule has 17 heavy (non-hydrogen) atoms. The van der Waals surface area contributed by atoms with Gasteiger partial charge in [0.2, 0.25) is 0 Å². The van der Waals surface area contributed by atoms with Gasteiger partial charge in [0.1, 0.15) is 0 Å². The molecule has 0 aliphatic heterocycles. The minimum absolute atomic E-state index is 0.145. The monoisotopic (exact) mass is 314 g/mol. The van der Waals surface area contributed by atoms with Crippen molar-refractivity contribution in [2.24, 2.45) is 11.8 Å². The van der Waals surface area contributed by atoms with Crippen molar-refractivity contribution >= 4 is 25.8 Å². The van der Waals surface area contributed by atoms with Crippen molar-refractivity contribution in [2.75, 3.05) is 0 Å². The van der Waals surface area contributed by atoms with Crippen molar-refractivity contribution in [1.29, 1.82) is 0 Å². The Bertz CT molecular complexity index is 509. The van der Waals surface area contributed by atoms with Crippen LogP contribution in [0, 0.1) is 11.8 Å². The van der Waals surface area contributed by atoms with Crippen LogP contribution in [0.1, 0.15) is 19.3 Å². The van der Waals surface area contributed by atoms with Crippen LogP contribution in [0.15, 0.2) is 35.2 Å². The van der Waals surface area contributed by atoms with Crippen LogP contribution < -0.4 is 0 Å². The smallest absolute Gasteiger partial charge is 0.182 e. The highest BCUT2D eigenvalue weighted by Gasteiger charge is 2.52. The van der Waals surface area contributed by atoms with Gasteiger partial charge in [-0.15, -0.1) is 0 Å². The van der Waals surface area contributed by atoms with Gasteiger partial charge in [0.05, 0.1) is 10.1 Å². The molecular weight excluding hydrogens is 300 g/mol. The maximum atomic E-state index is 12.6. The minimum Gasteiger partial charge on any atom is -0.223 e. The molecule has 0 aromatic heterocycles. The van der Waals surface area contributed by atoms with Crippen molar-refractivity contribution < 1.29 is 8.42 Å². The summed E-state index contributed by atoms with van der Waals surface area (Å²) in [6.45, 7) is 0. The predicted octanol–water partition coefficient (Wildman–Crippen LogP) is 3.02. The first kappa shape index (κ1) is 11.7. The quantitative estimate of drug-likeness (QED) is 0.786. The van der Waals surface area contributed by atoms with Crippen molar-refractivity contribution in [3.8, 4) is 0 Å². The fraction of sp³-hybridized carbons (Fsp3) is 0.538. The van der Waals surface area contributed by atoms with Crippen molar-refractivity contribution in [1.82, 2.24) is 0 Å². The van der Waals surface area contributed by atoms with Crippen LogP contribution in [0.5, 0.6) is 0 Å². The lowest BCUT2D eigenvalue weighted by molar-refractivity contribution is 0.478. The van der Waals surface area contributed by atoms with Crippen LogP contribution >= 0.6 is 15.9 Å². The highest BCUT2D eigenvalue weighted by Crippen LogP contribution is 2.51. The number of sulfone groups is 1. The van der Waals surface area contributed by atoms with E-state index < -0.39 is 9.84 Å². The lowest BCUT2D eigenvalue weighted by atomic mass is 10.0. The van der Waals surface area contributed by atoms with Crippen molar-refractivity contribution in [3.63, 3.8) is 0 Å². The Kier molecular flexibility index (Phi) is 2.82. The van der Waals surface area contributed by atoms with Gasteiger partial charge in [-0.05, 0) is 43.2 Å². The number of benzene rings is 1. The van der Waals surface area contributed by atoms with Gasteiger partial charge >= 0.3 is 0 Å². The third-order valence-electron chi connectivity index (χ3n) is 4.17. The number of fused-ring (bicyclic) bond motifs is 2. The highest BCUT2D eigenvalue weighted by atomic mass is 79.9. The largest absolute Gasteiger partial charge is 0.223 e.